The Morgan fingerprint density at radius 3 is 2.54 bits per heavy atom. The second kappa shape index (κ2) is 3.21. The summed E-state index contributed by atoms with van der Waals surface area (Å²) in [5.74, 6) is 0.172. The molecule has 1 fully saturated rings. The Labute approximate surface area is 78.0 Å². The van der Waals surface area contributed by atoms with Gasteiger partial charge in [0.25, 0.3) is 0 Å². The van der Waals surface area contributed by atoms with Gasteiger partial charge in [0.2, 0.25) is 5.91 Å². The summed E-state index contributed by atoms with van der Waals surface area (Å²) in [7, 11) is 0. The lowest BCUT2D eigenvalue weighted by molar-refractivity contribution is -0.119. The van der Waals surface area contributed by atoms with Gasteiger partial charge in [-0.1, -0.05) is 29.8 Å². The Morgan fingerprint density at radius 1 is 1.31 bits per heavy atom. The van der Waals surface area contributed by atoms with Crippen molar-refractivity contribution >= 4 is 5.91 Å². The normalized spacial score (nSPS) is 21.6. The van der Waals surface area contributed by atoms with E-state index >= 15 is 0 Å². The monoisotopic (exact) mass is 175 g/mol. The van der Waals surface area contributed by atoms with Crippen molar-refractivity contribution in [2.45, 2.75) is 25.8 Å². The number of carbonyl (C=O) groups excluding carboxylic acids is 1. The minimum atomic E-state index is 0.172. The summed E-state index contributed by atoms with van der Waals surface area (Å²) >= 11 is 0. The second-order valence-corrected chi connectivity index (χ2v) is 3.57. The fourth-order valence-corrected chi connectivity index (χ4v) is 1.66. The minimum absolute atomic E-state index is 0.172. The van der Waals surface area contributed by atoms with E-state index in [1.807, 2.05) is 0 Å². The SMILES string of the molecule is Cc1ccc([C@@H]2CCC(=O)N2)cc1. The largest absolute Gasteiger partial charge is 0.349 e. The average Bonchev–Trinajstić information content (AvgIpc) is 2.53. The van der Waals surface area contributed by atoms with Crippen LogP contribution < -0.4 is 5.32 Å². The Kier molecular flexibility index (Phi) is 2.05. The van der Waals surface area contributed by atoms with Gasteiger partial charge in [-0.05, 0) is 18.9 Å². The zero-order valence-electron chi connectivity index (χ0n) is 7.71. The number of benzene rings is 1. The molecule has 1 aliphatic heterocycles. The van der Waals surface area contributed by atoms with Gasteiger partial charge >= 0.3 is 0 Å². The zero-order chi connectivity index (χ0) is 9.26. The van der Waals surface area contributed by atoms with Crippen LogP contribution in [0.25, 0.3) is 0 Å². The summed E-state index contributed by atoms with van der Waals surface area (Å²) in [5.41, 5.74) is 2.48. The molecule has 1 atom stereocenters. The molecule has 1 saturated heterocycles. The molecular formula is C11H13NO. The molecule has 0 aromatic heterocycles. The predicted molar refractivity (Wildman–Crippen MR) is 51.3 cm³/mol. The predicted octanol–water partition coefficient (Wildman–Crippen LogP) is 1.95. The van der Waals surface area contributed by atoms with Crippen molar-refractivity contribution in [3.05, 3.63) is 35.4 Å². The quantitative estimate of drug-likeness (QED) is 0.694. The third-order valence-electron chi connectivity index (χ3n) is 2.48. The van der Waals surface area contributed by atoms with Crippen LogP contribution in [0.5, 0.6) is 0 Å². The van der Waals surface area contributed by atoms with Gasteiger partial charge in [0.05, 0.1) is 6.04 Å². The molecule has 0 saturated carbocycles. The van der Waals surface area contributed by atoms with Crippen molar-refractivity contribution in [1.29, 1.82) is 0 Å². The fourth-order valence-electron chi connectivity index (χ4n) is 1.66. The first-order chi connectivity index (χ1) is 6.25. The van der Waals surface area contributed by atoms with E-state index in [2.05, 4.69) is 36.5 Å². The molecule has 0 bridgehead atoms. The lowest BCUT2D eigenvalue weighted by Gasteiger charge is -2.09. The molecule has 2 heteroatoms. The van der Waals surface area contributed by atoms with Crippen LogP contribution in [0, 0.1) is 6.92 Å². The maximum absolute atomic E-state index is 11.0. The number of rotatable bonds is 1. The number of hydrogen-bond acceptors (Lipinski definition) is 1. The van der Waals surface area contributed by atoms with E-state index in [-0.39, 0.29) is 11.9 Å². The van der Waals surface area contributed by atoms with Gasteiger partial charge in [-0.15, -0.1) is 0 Å². The summed E-state index contributed by atoms with van der Waals surface area (Å²) in [5, 5.41) is 2.95. The minimum Gasteiger partial charge on any atom is -0.349 e. The highest BCUT2D eigenvalue weighted by Gasteiger charge is 2.21. The van der Waals surface area contributed by atoms with Crippen LogP contribution in [0.3, 0.4) is 0 Å². The molecule has 0 spiro atoms. The van der Waals surface area contributed by atoms with Crippen LogP contribution in [-0.4, -0.2) is 5.91 Å². The summed E-state index contributed by atoms with van der Waals surface area (Å²) in [6, 6.07) is 8.59. The van der Waals surface area contributed by atoms with E-state index in [0.29, 0.717) is 6.42 Å². The number of nitrogens with one attached hydrogen (secondary N) is 1. The van der Waals surface area contributed by atoms with Crippen molar-refractivity contribution in [3.8, 4) is 0 Å². The topological polar surface area (TPSA) is 29.1 Å². The molecule has 0 radical (unpaired) electrons. The number of aryl methyl sites for hydroxylation is 1. The molecule has 2 nitrogen and oxygen atoms in total. The van der Waals surface area contributed by atoms with Crippen molar-refractivity contribution < 1.29 is 4.79 Å². The molecule has 1 aromatic carbocycles. The first-order valence-corrected chi connectivity index (χ1v) is 4.61. The highest BCUT2D eigenvalue weighted by atomic mass is 16.1. The number of amides is 1. The van der Waals surface area contributed by atoms with Crippen molar-refractivity contribution in [3.63, 3.8) is 0 Å². The van der Waals surface area contributed by atoms with Crippen LogP contribution in [0.2, 0.25) is 0 Å². The van der Waals surface area contributed by atoms with Crippen LogP contribution in [0.15, 0.2) is 24.3 Å². The van der Waals surface area contributed by atoms with E-state index < -0.39 is 0 Å². The Hall–Kier alpha value is -1.31. The van der Waals surface area contributed by atoms with Crippen molar-refractivity contribution in [2.75, 3.05) is 0 Å². The first-order valence-electron chi connectivity index (χ1n) is 4.61. The maximum atomic E-state index is 11.0. The smallest absolute Gasteiger partial charge is 0.220 e. The molecule has 0 aliphatic carbocycles. The lowest BCUT2D eigenvalue weighted by atomic mass is 10.0. The molecule has 1 aliphatic rings. The van der Waals surface area contributed by atoms with Gasteiger partial charge in [-0.25, -0.2) is 0 Å². The number of hydrogen-bond donors (Lipinski definition) is 1. The number of carbonyl (C=O) groups is 1. The van der Waals surface area contributed by atoms with E-state index in [1.165, 1.54) is 11.1 Å². The fraction of sp³-hybridized carbons (Fsp3) is 0.364. The molecule has 1 N–H and O–H groups in total. The highest BCUT2D eigenvalue weighted by molar-refractivity contribution is 5.78. The zero-order valence-corrected chi connectivity index (χ0v) is 7.71. The Bertz CT molecular complexity index is 315. The molecule has 13 heavy (non-hydrogen) atoms. The van der Waals surface area contributed by atoms with Crippen molar-refractivity contribution in [1.82, 2.24) is 5.32 Å². The van der Waals surface area contributed by atoms with Gasteiger partial charge in [-0.3, -0.25) is 4.79 Å². The van der Waals surface area contributed by atoms with Gasteiger partial charge in [-0.2, -0.15) is 0 Å². The van der Waals surface area contributed by atoms with Crippen LogP contribution in [0.1, 0.15) is 30.0 Å². The van der Waals surface area contributed by atoms with E-state index in [9.17, 15) is 4.79 Å². The highest BCUT2D eigenvalue weighted by Crippen LogP contribution is 2.23. The van der Waals surface area contributed by atoms with E-state index in [1.54, 1.807) is 0 Å². The summed E-state index contributed by atoms with van der Waals surface area (Å²) in [6.07, 6.45) is 1.60. The van der Waals surface area contributed by atoms with E-state index in [0.717, 1.165) is 6.42 Å². The average molecular weight is 175 g/mol. The molecule has 2 rings (SSSR count). The molecule has 1 aromatic rings. The van der Waals surface area contributed by atoms with Crippen LogP contribution >= 0.6 is 0 Å². The van der Waals surface area contributed by atoms with Gasteiger partial charge in [0.15, 0.2) is 0 Å². The Morgan fingerprint density at radius 2 is 2.00 bits per heavy atom. The van der Waals surface area contributed by atoms with Gasteiger partial charge in [0.1, 0.15) is 0 Å². The molecule has 1 amide bonds. The molecular weight excluding hydrogens is 162 g/mol. The van der Waals surface area contributed by atoms with Crippen LogP contribution in [0.4, 0.5) is 0 Å². The summed E-state index contributed by atoms with van der Waals surface area (Å²) in [4.78, 5) is 11.0. The van der Waals surface area contributed by atoms with Crippen molar-refractivity contribution in [2.24, 2.45) is 0 Å². The first kappa shape index (κ1) is 8.30. The standard InChI is InChI=1S/C11H13NO/c1-8-2-4-9(5-3-8)10-6-7-11(13)12-10/h2-5,10H,6-7H2,1H3,(H,12,13)/t10-/m0/s1. The molecule has 1 heterocycles. The summed E-state index contributed by atoms with van der Waals surface area (Å²) in [6.45, 7) is 2.07. The lowest BCUT2D eigenvalue weighted by Crippen LogP contribution is -2.18. The van der Waals surface area contributed by atoms with Gasteiger partial charge in [0, 0.05) is 6.42 Å². The third kappa shape index (κ3) is 1.72. The Balaban J connectivity index is 2.17. The van der Waals surface area contributed by atoms with Gasteiger partial charge < -0.3 is 5.32 Å². The molecule has 68 valence electrons. The van der Waals surface area contributed by atoms with E-state index in [4.69, 9.17) is 0 Å². The summed E-state index contributed by atoms with van der Waals surface area (Å²) < 4.78 is 0. The second-order valence-electron chi connectivity index (χ2n) is 3.57. The molecule has 0 unspecified atom stereocenters. The third-order valence-corrected chi connectivity index (χ3v) is 2.48. The maximum Gasteiger partial charge on any atom is 0.220 e. The van der Waals surface area contributed by atoms with Crippen LogP contribution in [-0.2, 0) is 4.79 Å².